The van der Waals surface area contributed by atoms with Gasteiger partial charge in [-0.15, -0.1) is 6.58 Å². The highest BCUT2D eigenvalue weighted by Gasteiger charge is 2.42. The van der Waals surface area contributed by atoms with Crippen molar-refractivity contribution in [2.24, 2.45) is 5.92 Å². The van der Waals surface area contributed by atoms with Crippen molar-refractivity contribution < 1.29 is 9.53 Å². The normalized spacial score (nSPS) is 28.2. The molecule has 3 saturated heterocycles. The van der Waals surface area contributed by atoms with Crippen LogP contribution in [0.5, 0.6) is 5.75 Å². The van der Waals surface area contributed by atoms with Gasteiger partial charge in [0.05, 0.1) is 19.1 Å². The fourth-order valence-corrected chi connectivity index (χ4v) is 6.58. The molecule has 1 aromatic rings. The molecule has 3 fully saturated rings. The zero-order valence-corrected chi connectivity index (χ0v) is 21.8. The molecule has 1 aromatic carbocycles. The Morgan fingerprint density at radius 3 is 2.75 bits per heavy atom. The van der Waals surface area contributed by atoms with Gasteiger partial charge in [-0.05, 0) is 61.8 Å². The Morgan fingerprint density at radius 2 is 2.00 bits per heavy atom. The number of piperidine rings is 1. The van der Waals surface area contributed by atoms with Crippen LogP contribution in [0.3, 0.4) is 0 Å². The second-order valence-corrected chi connectivity index (χ2v) is 10.8. The van der Waals surface area contributed by atoms with Gasteiger partial charge < -0.3 is 4.74 Å². The number of amides is 1. The highest BCUT2D eigenvalue weighted by molar-refractivity contribution is 5.80. The maximum atomic E-state index is 13.0. The number of hydrogen-bond acceptors (Lipinski definition) is 5. The minimum atomic E-state index is -0.106. The lowest BCUT2D eigenvalue weighted by Crippen LogP contribution is -2.47. The molecular weight excluding hydrogens is 448 g/mol. The Balaban J connectivity index is 1.38. The molecule has 6 heteroatoms. The summed E-state index contributed by atoms with van der Waals surface area (Å²) in [4.78, 5) is 18.3. The quantitative estimate of drug-likeness (QED) is 0.545. The molecule has 2 bridgehead atoms. The van der Waals surface area contributed by atoms with Crippen LogP contribution in [0.1, 0.15) is 56.6 Å². The van der Waals surface area contributed by atoms with Gasteiger partial charge in [-0.25, -0.2) is 5.01 Å². The summed E-state index contributed by atoms with van der Waals surface area (Å²) in [6.07, 6.45) is 16.7. The van der Waals surface area contributed by atoms with Crippen LogP contribution in [0.15, 0.2) is 60.7 Å². The molecule has 6 nitrogen and oxygen atoms in total. The van der Waals surface area contributed by atoms with E-state index in [1.807, 2.05) is 12.1 Å². The fourth-order valence-electron chi connectivity index (χ4n) is 6.58. The first kappa shape index (κ1) is 25.2. The largest absolute Gasteiger partial charge is 0.497 e. The molecule has 0 aromatic heterocycles. The minimum absolute atomic E-state index is 0.106. The second kappa shape index (κ2) is 11.8. The molecular formula is C30H42N4O2. The molecule has 4 aliphatic rings. The van der Waals surface area contributed by atoms with Crippen molar-refractivity contribution in [1.82, 2.24) is 20.2 Å². The third-order valence-corrected chi connectivity index (χ3v) is 8.42. The maximum Gasteiger partial charge on any atom is 0.241 e. The molecule has 1 aliphatic carbocycles. The number of methoxy groups -OCH3 is 1. The molecule has 1 N–H and O–H groups in total. The Hall–Kier alpha value is -2.41. The van der Waals surface area contributed by atoms with Crippen LogP contribution in [-0.2, 0) is 4.79 Å². The number of nitrogens with zero attached hydrogens (tertiary/aromatic N) is 3. The Kier molecular flexibility index (Phi) is 8.25. The first-order valence-electron chi connectivity index (χ1n) is 13.8. The van der Waals surface area contributed by atoms with Crippen molar-refractivity contribution >= 4 is 5.91 Å². The number of rotatable bonds is 8. The van der Waals surface area contributed by atoms with Gasteiger partial charge in [0.2, 0.25) is 5.91 Å². The predicted octanol–water partition coefficient (Wildman–Crippen LogP) is 4.48. The van der Waals surface area contributed by atoms with Crippen LogP contribution < -0.4 is 10.2 Å². The highest BCUT2D eigenvalue weighted by atomic mass is 16.5. The number of hydrazine groups is 1. The van der Waals surface area contributed by atoms with Gasteiger partial charge in [-0.1, -0.05) is 42.9 Å². The van der Waals surface area contributed by atoms with E-state index >= 15 is 0 Å². The topological polar surface area (TPSA) is 48.0 Å². The molecule has 4 unspecified atom stereocenters. The number of carbonyl (C=O) groups is 1. The SMILES string of the molecule is C=CCN1CCC2CCC(C1)N2C(C1=CCC(C(=O)NN2CCCCC2)C=C1)c1cccc(OC)c1. The molecule has 1 amide bonds. The molecule has 3 aliphatic heterocycles. The lowest BCUT2D eigenvalue weighted by molar-refractivity contribution is -0.128. The first-order chi connectivity index (χ1) is 17.7. The van der Waals surface area contributed by atoms with E-state index in [0.29, 0.717) is 12.1 Å². The third-order valence-electron chi connectivity index (χ3n) is 8.42. The van der Waals surface area contributed by atoms with Gasteiger partial charge in [0.25, 0.3) is 0 Å². The zero-order chi connectivity index (χ0) is 24.9. The van der Waals surface area contributed by atoms with E-state index < -0.39 is 0 Å². The van der Waals surface area contributed by atoms with Crippen LogP contribution in [0, 0.1) is 5.92 Å². The van der Waals surface area contributed by atoms with Crippen LogP contribution >= 0.6 is 0 Å². The highest BCUT2D eigenvalue weighted by Crippen LogP contribution is 2.43. The van der Waals surface area contributed by atoms with Gasteiger partial charge in [0, 0.05) is 44.8 Å². The molecule has 3 heterocycles. The number of hydrogen-bond donors (Lipinski definition) is 1. The molecule has 5 rings (SSSR count). The van der Waals surface area contributed by atoms with E-state index in [4.69, 9.17) is 4.74 Å². The number of benzene rings is 1. The van der Waals surface area contributed by atoms with E-state index in [1.54, 1.807) is 7.11 Å². The Labute approximate surface area is 216 Å². The summed E-state index contributed by atoms with van der Waals surface area (Å²) in [7, 11) is 1.74. The van der Waals surface area contributed by atoms with Gasteiger partial charge in [-0.3, -0.25) is 20.0 Å². The molecule has 0 radical (unpaired) electrons. The average molecular weight is 491 g/mol. The summed E-state index contributed by atoms with van der Waals surface area (Å²) < 4.78 is 5.61. The van der Waals surface area contributed by atoms with Crippen molar-refractivity contribution in [1.29, 1.82) is 0 Å². The van der Waals surface area contributed by atoms with Gasteiger partial charge in [0.1, 0.15) is 5.75 Å². The standard InChI is InChI=1S/C30H42N4O2/c1-3-17-32-20-16-26-14-15-27(22-32)34(26)29(25-8-7-9-28(21-25)36-2)23-10-12-24(13-11-23)30(35)31-33-18-5-4-6-19-33/h3,7-12,21,24,26-27,29H,1,4-6,13-20,22H2,2H3,(H,31,35). The van der Waals surface area contributed by atoms with Gasteiger partial charge in [0.15, 0.2) is 0 Å². The van der Waals surface area contributed by atoms with Crippen molar-refractivity contribution in [3.63, 3.8) is 0 Å². The lowest BCUT2D eigenvalue weighted by Gasteiger charge is -2.38. The predicted molar refractivity (Wildman–Crippen MR) is 145 cm³/mol. The Bertz CT molecular complexity index is 983. The minimum Gasteiger partial charge on any atom is -0.497 e. The van der Waals surface area contributed by atoms with Crippen LogP contribution in [0.2, 0.25) is 0 Å². The lowest BCUT2D eigenvalue weighted by atomic mass is 9.88. The third kappa shape index (κ3) is 5.61. The number of nitrogens with one attached hydrogen (secondary N) is 1. The first-order valence-corrected chi connectivity index (χ1v) is 13.8. The van der Waals surface area contributed by atoms with Crippen LogP contribution in [0.4, 0.5) is 0 Å². The summed E-state index contributed by atoms with van der Waals surface area (Å²) in [5.41, 5.74) is 5.74. The van der Waals surface area contributed by atoms with Gasteiger partial charge in [-0.2, -0.15) is 0 Å². The van der Waals surface area contributed by atoms with Gasteiger partial charge >= 0.3 is 0 Å². The average Bonchev–Trinajstić information content (AvgIpc) is 3.21. The van der Waals surface area contributed by atoms with E-state index in [9.17, 15) is 4.79 Å². The second-order valence-electron chi connectivity index (χ2n) is 10.8. The fraction of sp³-hybridized carbons (Fsp3) is 0.567. The summed E-state index contributed by atoms with van der Waals surface area (Å²) in [5.74, 6) is 0.911. The van der Waals surface area contributed by atoms with Crippen molar-refractivity contribution in [3.05, 3.63) is 66.3 Å². The van der Waals surface area contributed by atoms with Crippen molar-refractivity contribution in [3.8, 4) is 5.75 Å². The monoisotopic (exact) mass is 490 g/mol. The maximum absolute atomic E-state index is 13.0. The summed E-state index contributed by atoms with van der Waals surface area (Å²) >= 11 is 0. The number of fused-ring (bicyclic) bond motifs is 2. The molecule has 194 valence electrons. The summed E-state index contributed by atoms with van der Waals surface area (Å²) in [5, 5.41) is 2.10. The molecule has 36 heavy (non-hydrogen) atoms. The van der Waals surface area contributed by atoms with E-state index in [0.717, 1.165) is 57.7 Å². The van der Waals surface area contributed by atoms with Crippen molar-refractivity contribution in [2.45, 2.75) is 63.1 Å². The number of allylic oxidation sites excluding steroid dienone is 1. The Morgan fingerprint density at radius 1 is 1.17 bits per heavy atom. The summed E-state index contributed by atoms with van der Waals surface area (Å²) in [6.45, 7) is 9.06. The van der Waals surface area contributed by atoms with E-state index in [2.05, 4.69) is 63.2 Å². The van der Waals surface area contributed by atoms with E-state index in [1.165, 1.54) is 36.8 Å². The van der Waals surface area contributed by atoms with Crippen LogP contribution in [-0.4, -0.2) is 72.6 Å². The molecule has 4 atom stereocenters. The van der Waals surface area contributed by atoms with Crippen LogP contribution in [0.25, 0.3) is 0 Å². The number of carbonyl (C=O) groups excluding carboxylic acids is 1. The summed E-state index contributed by atoms with van der Waals surface area (Å²) in [6, 6.07) is 9.81. The number of likely N-dealkylation sites (tertiary alicyclic amines) is 1. The molecule has 0 spiro atoms. The smallest absolute Gasteiger partial charge is 0.241 e. The molecule has 0 saturated carbocycles. The zero-order valence-electron chi connectivity index (χ0n) is 21.8. The number of ether oxygens (including phenoxy) is 1. The van der Waals surface area contributed by atoms with E-state index in [-0.39, 0.29) is 17.9 Å². The van der Waals surface area contributed by atoms with Crippen molar-refractivity contribution in [2.75, 3.05) is 39.8 Å².